The zero-order valence-corrected chi connectivity index (χ0v) is 18.7. The average Bonchev–Trinajstić information content (AvgIpc) is 3.06. The standard InChI is InChI=1S/C27H37NO/c1-18(2)29-21-11-13-26(3)20(16-21)7-8-22-24-10-9-23(19-6-5-15-28-17-19)27(24,4)14-12-25(22)26/h5-7,9,15,17-18,21-22,24-25H,8,10-14,16H2,1-4H3/t21-,22-,24-,25?,26-,27+/m0/s1. The minimum atomic E-state index is 0.323. The van der Waals surface area contributed by atoms with Crippen LogP contribution in [0.2, 0.25) is 0 Å². The maximum atomic E-state index is 6.21. The van der Waals surface area contributed by atoms with Crippen molar-refractivity contribution < 1.29 is 4.74 Å². The molecule has 2 fully saturated rings. The number of nitrogens with zero attached hydrogens (tertiary/aromatic N) is 1. The van der Waals surface area contributed by atoms with Crippen molar-refractivity contribution in [2.75, 3.05) is 0 Å². The largest absolute Gasteiger partial charge is 0.375 e. The van der Waals surface area contributed by atoms with E-state index >= 15 is 0 Å². The van der Waals surface area contributed by atoms with Crippen molar-refractivity contribution in [1.29, 1.82) is 0 Å². The summed E-state index contributed by atoms with van der Waals surface area (Å²) in [6.45, 7) is 9.49. The third-order valence-corrected chi connectivity index (χ3v) is 9.08. The van der Waals surface area contributed by atoms with Crippen LogP contribution in [0.25, 0.3) is 5.57 Å². The lowest BCUT2D eigenvalue weighted by Crippen LogP contribution is -2.50. The summed E-state index contributed by atoms with van der Waals surface area (Å²) in [6.07, 6.45) is 18.9. The summed E-state index contributed by atoms with van der Waals surface area (Å²) >= 11 is 0. The maximum Gasteiger partial charge on any atom is 0.0616 e. The molecule has 4 aliphatic carbocycles. The molecule has 0 radical (unpaired) electrons. The number of allylic oxidation sites excluding steroid dienone is 3. The molecule has 0 N–H and O–H groups in total. The van der Waals surface area contributed by atoms with E-state index in [0.717, 1.165) is 17.8 Å². The lowest BCUT2D eigenvalue weighted by atomic mass is 9.47. The van der Waals surface area contributed by atoms with E-state index in [1.54, 1.807) is 11.1 Å². The van der Waals surface area contributed by atoms with Crippen LogP contribution in [0.1, 0.15) is 78.2 Å². The molecule has 5 rings (SSSR count). The zero-order chi connectivity index (χ0) is 20.2. The van der Waals surface area contributed by atoms with E-state index in [1.807, 2.05) is 6.20 Å². The molecular weight excluding hydrogens is 354 g/mol. The third-order valence-electron chi connectivity index (χ3n) is 9.08. The van der Waals surface area contributed by atoms with Crippen LogP contribution in [0.3, 0.4) is 0 Å². The number of rotatable bonds is 3. The molecule has 1 aromatic heterocycles. The molecule has 0 amide bonds. The molecule has 1 unspecified atom stereocenters. The Balaban J connectivity index is 1.40. The van der Waals surface area contributed by atoms with Gasteiger partial charge in [0.25, 0.3) is 0 Å². The molecular formula is C27H37NO. The van der Waals surface area contributed by atoms with Gasteiger partial charge in [-0.25, -0.2) is 0 Å². The van der Waals surface area contributed by atoms with Crippen LogP contribution < -0.4 is 0 Å². The molecule has 0 aliphatic heterocycles. The second-order valence-corrected chi connectivity index (χ2v) is 10.9. The van der Waals surface area contributed by atoms with Gasteiger partial charge in [-0.2, -0.15) is 0 Å². The number of pyridine rings is 1. The first kappa shape index (κ1) is 19.5. The van der Waals surface area contributed by atoms with Gasteiger partial charge in [-0.1, -0.05) is 37.6 Å². The van der Waals surface area contributed by atoms with Crippen molar-refractivity contribution in [3.63, 3.8) is 0 Å². The van der Waals surface area contributed by atoms with Gasteiger partial charge in [-0.15, -0.1) is 0 Å². The van der Waals surface area contributed by atoms with Gasteiger partial charge < -0.3 is 4.74 Å². The van der Waals surface area contributed by atoms with Crippen LogP contribution in [-0.4, -0.2) is 17.2 Å². The van der Waals surface area contributed by atoms with Gasteiger partial charge >= 0.3 is 0 Å². The van der Waals surface area contributed by atoms with Gasteiger partial charge in [0.05, 0.1) is 12.2 Å². The third kappa shape index (κ3) is 3.05. The van der Waals surface area contributed by atoms with Gasteiger partial charge in [0.2, 0.25) is 0 Å². The first-order valence-corrected chi connectivity index (χ1v) is 11.9. The highest BCUT2D eigenvalue weighted by atomic mass is 16.5. The first-order valence-electron chi connectivity index (χ1n) is 11.9. The summed E-state index contributed by atoms with van der Waals surface area (Å²) in [6, 6.07) is 4.35. The van der Waals surface area contributed by atoms with Crippen LogP contribution in [0.15, 0.2) is 42.3 Å². The Labute approximate surface area is 176 Å². The Bertz CT molecular complexity index is 824. The van der Waals surface area contributed by atoms with Gasteiger partial charge in [0.1, 0.15) is 0 Å². The van der Waals surface area contributed by atoms with Crippen molar-refractivity contribution in [1.82, 2.24) is 4.98 Å². The summed E-state index contributed by atoms with van der Waals surface area (Å²) < 4.78 is 6.21. The minimum absolute atomic E-state index is 0.323. The number of hydrogen-bond donors (Lipinski definition) is 0. The summed E-state index contributed by atoms with van der Waals surface area (Å²) in [5.41, 5.74) is 5.36. The van der Waals surface area contributed by atoms with Crippen LogP contribution in [-0.2, 0) is 4.74 Å². The van der Waals surface area contributed by atoms with Crippen LogP contribution in [0.4, 0.5) is 0 Å². The average molecular weight is 392 g/mol. The Morgan fingerprint density at radius 2 is 1.86 bits per heavy atom. The normalized spacial score (nSPS) is 41.3. The van der Waals surface area contributed by atoms with E-state index in [4.69, 9.17) is 4.74 Å². The summed E-state index contributed by atoms with van der Waals surface area (Å²) in [4.78, 5) is 4.41. The number of ether oxygens (including phenoxy) is 1. The Morgan fingerprint density at radius 1 is 1.03 bits per heavy atom. The van der Waals surface area contributed by atoms with E-state index in [-0.39, 0.29) is 0 Å². The molecule has 1 aromatic rings. The van der Waals surface area contributed by atoms with Crippen LogP contribution >= 0.6 is 0 Å². The molecule has 0 aromatic carbocycles. The maximum absolute atomic E-state index is 6.21. The van der Waals surface area contributed by atoms with Crippen molar-refractivity contribution in [3.8, 4) is 0 Å². The number of fused-ring (bicyclic) bond motifs is 5. The monoisotopic (exact) mass is 391 g/mol. The van der Waals surface area contributed by atoms with Gasteiger partial charge in [-0.3, -0.25) is 4.98 Å². The molecule has 2 heteroatoms. The van der Waals surface area contributed by atoms with Crippen molar-refractivity contribution >= 4 is 5.57 Å². The summed E-state index contributed by atoms with van der Waals surface area (Å²) in [5.74, 6) is 2.47. The predicted octanol–water partition coefficient (Wildman–Crippen LogP) is 6.83. The van der Waals surface area contributed by atoms with Crippen LogP contribution in [0, 0.1) is 28.6 Å². The van der Waals surface area contributed by atoms with Crippen molar-refractivity contribution in [2.24, 2.45) is 28.6 Å². The molecule has 4 aliphatic rings. The van der Waals surface area contributed by atoms with E-state index in [1.165, 1.54) is 50.5 Å². The fourth-order valence-corrected chi connectivity index (χ4v) is 7.67. The zero-order valence-electron chi connectivity index (χ0n) is 18.7. The van der Waals surface area contributed by atoms with E-state index in [2.05, 4.69) is 63.2 Å². The molecule has 0 spiro atoms. The smallest absolute Gasteiger partial charge is 0.0616 e. The molecule has 1 heterocycles. The molecule has 6 atom stereocenters. The quantitative estimate of drug-likeness (QED) is 0.527. The highest BCUT2D eigenvalue weighted by molar-refractivity contribution is 5.72. The molecule has 2 nitrogen and oxygen atoms in total. The van der Waals surface area contributed by atoms with Gasteiger partial charge in [0, 0.05) is 12.4 Å². The number of hydrogen-bond acceptors (Lipinski definition) is 2. The minimum Gasteiger partial charge on any atom is -0.375 e. The van der Waals surface area contributed by atoms with Gasteiger partial charge in [0.15, 0.2) is 0 Å². The molecule has 156 valence electrons. The highest BCUT2D eigenvalue weighted by Gasteiger charge is 2.56. The first-order chi connectivity index (χ1) is 13.9. The Morgan fingerprint density at radius 3 is 2.62 bits per heavy atom. The SMILES string of the molecule is CC(C)O[C@H]1CC[C@@]2(C)C(=CC[C@@H]3C2CC[C@]2(C)C(c4cccnc4)=CC[C@@H]32)C1. The topological polar surface area (TPSA) is 22.1 Å². The fourth-order valence-electron chi connectivity index (χ4n) is 7.67. The lowest BCUT2D eigenvalue weighted by molar-refractivity contribution is -0.0525. The molecule has 2 saturated carbocycles. The van der Waals surface area contributed by atoms with E-state index in [9.17, 15) is 0 Å². The van der Waals surface area contributed by atoms with Crippen LogP contribution in [0.5, 0.6) is 0 Å². The molecule has 29 heavy (non-hydrogen) atoms. The second kappa shape index (κ2) is 7.08. The molecule has 0 bridgehead atoms. The Kier molecular flexibility index (Phi) is 4.77. The highest BCUT2D eigenvalue weighted by Crippen LogP contribution is 2.66. The lowest BCUT2D eigenvalue weighted by Gasteiger charge is -2.58. The second-order valence-electron chi connectivity index (χ2n) is 10.9. The van der Waals surface area contributed by atoms with E-state index < -0.39 is 0 Å². The van der Waals surface area contributed by atoms with Crippen molar-refractivity contribution in [3.05, 3.63) is 47.8 Å². The fraction of sp³-hybridized carbons (Fsp3) is 0.667. The summed E-state index contributed by atoms with van der Waals surface area (Å²) in [7, 11) is 0. The van der Waals surface area contributed by atoms with E-state index in [0.29, 0.717) is 23.0 Å². The Hall–Kier alpha value is -1.41. The molecule has 0 saturated heterocycles. The number of aromatic nitrogens is 1. The predicted molar refractivity (Wildman–Crippen MR) is 119 cm³/mol. The van der Waals surface area contributed by atoms with Gasteiger partial charge in [-0.05, 0) is 105 Å². The van der Waals surface area contributed by atoms with Crippen molar-refractivity contribution in [2.45, 2.75) is 84.8 Å². The summed E-state index contributed by atoms with van der Waals surface area (Å²) in [5, 5.41) is 0.